The lowest BCUT2D eigenvalue weighted by Crippen LogP contribution is -2.31. The molecule has 0 saturated carbocycles. The highest BCUT2D eigenvalue weighted by molar-refractivity contribution is 9.10. The van der Waals surface area contributed by atoms with Crippen LogP contribution in [0.15, 0.2) is 31.7 Å². The Kier molecular flexibility index (Phi) is 3.26. The molecule has 2 heterocycles. The van der Waals surface area contributed by atoms with Gasteiger partial charge in [0.25, 0.3) is 5.56 Å². The highest BCUT2D eigenvalue weighted by Gasteiger charge is 2.05. The van der Waals surface area contributed by atoms with Crippen LogP contribution in [0.1, 0.15) is 10.4 Å². The van der Waals surface area contributed by atoms with E-state index in [9.17, 15) is 9.59 Å². The number of aromatic nitrogens is 2. The molecule has 0 spiro atoms. The Balaban J connectivity index is 2.43. The van der Waals surface area contributed by atoms with Crippen molar-refractivity contribution < 1.29 is 0 Å². The largest absolute Gasteiger partial charge is 0.328 e. The zero-order chi connectivity index (χ0) is 12.4. The first-order valence-corrected chi connectivity index (χ1v) is 6.24. The number of nitrogens with zero attached hydrogens (tertiary/aromatic N) is 2. The molecule has 2 aromatic heterocycles. The van der Waals surface area contributed by atoms with E-state index < -0.39 is 11.2 Å². The molecule has 2 rings (SSSR count). The summed E-state index contributed by atoms with van der Waals surface area (Å²) in [7, 11) is 0. The van der Waals surface area contributed by atoms with Crippen molar-refractivity contribution in [3.05, 3.63) is 53.4 Å². The Hall–Kier alpha value is -1.65. The third kappa shape index (κ3) is 2.54. The van der Waals surface area contributed by atoms with Crippen LogP contribution in [0.5, 0.6) is 0 Å². The highest BCUT2D eigenvalue weighted by Crippen LogP contribution is 2.19. The van der Waals surface area contributed by atoms with Crippen LogP contribution < -0.4 is 11.2 Å². The zero-order valence-corrected chi connectivity index (χ0v) is 10.8. The van der Waals surface area contributed by atoms with E-state index in [0.29, 0.717) is 6.54 Å². The van der Waals surface area contributed by atoms with Gasteiger partial charge >= 0.3 is 5.69 Å². The van der Waals surface area contributed by atoms with Gasteiger partial charge in [-0.1, -0.05) is 0 Å². The molecule has 0 aliphatic rings. The van der Waals surface area contributed by atoms with Crippen LogP contribution in [0.3, 0.4) is 0 Å². The number of aromatic amines is 1. The molecule has 0 radical (unpaired) electrons. The molecule has 0 aromatic carbocycles. The molecule has 5 nitrogen and oxygen atoms in total. The van der Waals surface area contributed by atoms with Crippen LogP contribution in [-0.4, -0.2) is 9.55 Å². The highest BCUT2D eigenvalue weighted by atomic mass is 79.9. The summed E-state index contributed by atoms with van der Waals surface area (Å²) in [6.45, 7) is 0.334. The fourth-order valence-corrected chi connectivity index (χ4v) is 2.76. The van der Waals surface area contributed by atoms with Crippen LogP contribution in [-0.2, 0) is 6.54 Å². The van der Waals surface area contributed by atoms with E-state index in [4.69, 9.17) is 5.26 Å². The van der Waals surface area contributed by atoms with Crippen molar-refractivity contribution >= 4 is 27.3 Å². The van der Waals surface area contributed by atoms with Crippen LogP contribution in [0.4, 0.5) is 0 Å². The molecular formula is C10H6BrN3O2S. The van der Waals surface area contributed by atoms with Crippen molar-refractivity contribution in [2.45, 2.75) is 6.54 Å². The van der Waals surface area contributed by atoms with Gasteiger partial charge in [0.2, 0.25) is 0 Å². The van der Waals surface area contributed by atoms with Gasteiger partial charge in [-0.25, -0.2) is 4.79 Å². The second-order valence-electron chi connectivity index (χ2n) is 3.27. The number of rotatable bonds is 2. The maximum Gasteiger partial charge on any atom is 0.328 e. The minimum Gasteiger partial charge on any atom is -0.294 e. The van der Waals surface area contributed by atoms with E-state index in [-0.39, 0.29) is 5.56 Å². The van der Waals surface area contributed by atoms with Crippen LogP contribution in [0, 0.1) is 11.3 Å². The average Bonchev–Trinajstić information content (AvgIpc) is 2.68. The minimum atomic E-state index is -0.652. The van der Waals surface area contributed by atoms with E-state index in [2.05, 4.69) is 20.9 Å². The Labute approximate surface area is 108 Å². The van der Waals surface area contributed by atoms with Crippen LogP contribution >= 0.6 is 27.3 Å². The van der Waals surface area contributed by atoms with Gasteiger partial charge in [-0.2, -0.15) is 5.26 Å². The molecule has 7 heteroatoms. The summed E-state index contributed by atoms with van der Waals surface area (Å²) in [5, 5.41) is 10.6. The average molecular weight is 312 g/mol. The first-order valence-electron chi connectivity index (χ1n) is 4.57. The molecule has 0 bridgehead atoms. The molecule has 1 N–H and O–H groups in total. The van der Waals surface area contributed by atoms with Crippen molar-refractivity contribution in [3.8, 4) is 6.07 Å². The summed E-state index contributed by atoms with van der Waals surface area (Å²) < 4.78 is 2.24. The van der Waals surface area contributed by atoms with Crippen LogP contribution in [0.25, 0.3) is 0 Å². The molecular weight excluding hydrogens is 306 g/mol. The molecule has 17 heavy (non-hydrogen) atoms. The molecule has 86 valence electrons. The SMILES string of the molecule is N#Cc1cn(Cc2cc(Br)cs2)c(=O)[nH]c1=O. The maximum atomic E-state index is 11.5. The molecule has 0 amide bonds. The van der Waals surface area contributed by atoms with Gasteiger partial charge < -0.3 is 0 Å². The number of nitrogens with one attached hydrogen (secondary N) is 1. The lowest BCUT2D eigenvalue weighted by molar-refractivity contribution is 0.725. The summed E-state index contributed by atoms with van der Waals surface area (Å²) >= 11 is 4.81. The monoisotopic (exact) mass is 311 g/mol. The zero-order valence-electron chi connectivity index (χ0n) is 8.44. The van der Waals surface area contributed by atoms with E-state index >= 15 is 0 Å². The van der Waals surface area contributed by atoms with Gasteiger partial charge in [-0.3, -0.25) is 14.3 Å². The predicted molar refractivity (Wildman–Crippen MR) is 67.2 cm³/mol. The Morgan fingerprint density at radius 3 is 2.88 bits per heavy atom. The fraction of sp³-hybridized carbons (Fsp3) is 0.100. The lowest BCUT2D eigenvalue weighted by Gasteiger charge is -2.02. The number of hydrogen-bond donors (Lipinski definition) is 1. The number of halogens is 1. The quantitative estimate of drug-likeness (QED) is 0.907. The Bertz CT molecular complexity index is 707. The third-order valence-corrected chi connectivity index (χ3v) is 3.76. The van der Waals surface area contributed by atoms with Gasteiger partial charge in [0.15, 0.2) is 0 Å². The summed E-state index contributed by atoms with van der Waals surface area (Å²) in [6, 6.07) is 3.63. The topological polar surface area (TPSA) is 78.7 Å². The minimum absolute atomic E-state index is 0.0692. The summed E-state index contributed by atoms with van der Waals surface area (Å²) in [4.78, 5) is 25.8. The summed E-state index contributed by atoms with van der Waals surface area (Å²) in [6.07, 6.45) is 1.27. The van der Waals surface area contributed by atoms with Gasteiger partial charge in [-0.05, 0) is 22.0 Å². The lowest BCUT2D eigenvalue weighted by atomic mass is 10.3. The second-order valence-corrected chi connectivity index (χ2v) is 5.18. The first kappa shape index (κ1) is 11.8. The molecule has 0 aliphatic carbocycles. The van der Waals surface area contributed by atoms with E-state index in [1.807, 2.05) is 11.4 Å². The normalized spacial score (nSPS) is 10.1. The first-order chi connectivity index (χ1) is 8.10. The standard InChI is InChI=1S/C10H6BrN3O2S/c11-7-1-8(17-5-7)4-14-3-6(2-12)9(15)13-10(14)16/h1,3,5H,4H2,(H,13,15,16). The molecule has 2 aromatic rings. The smallest absolute Gasteiger partial charge is 0.294 e. The van der Waals surface area contributed by atoms with Gasteiger partial charge in [-0.15, -0.1) is 11.3 Å². The van der Waals surface area contributed by atoms with Crippen LogP contribution in [0.2, 0.25) is 0 Å². The number of thiophene rings is 1. The number of nitriles is 1. The van der Waals surface area contributed by atoms with Crippen molar-refractivity contribution in [2.75, 3.05) is 0 Å². The van der Waals surface area contributed by atoms with E-state index in [0.717, 1.165) is 9.35 Å². The molecule has 0 atom stereocenters. The van der Waals surface area contributed by atoms with Gasteiger partial charge in [0.05, 0.1) is 6.54 Å². The Morgan fingerprint density at radius 2 is 2.29 bits per heavy atom. The third-order valence-electron chi connectivity index (χ3n) is 2.08. The number of hydrogen-bond acceptors (Lipinski definition) is 4. The summed E-state index contributed by atoms with van der Waals surface area (Å²) in [5.74, 6) is 0. The van der Waals surface area contributed by atoms with Gasteiger partial charge in [0, 0.05) is 20.9 Å². The molecule has 0 fully saturated rings. The van der Waals surface area contributed by atoms with Crippen molar-refractivity contribution in [1.29, 1.82) is 5.26 Å². The second kappa shape index (κ2) is 4.69. The van der Waals surface area contributed by atoms with E-state index in [1.54, 1.807) is 6.07 Å². The van der Waals surface area contributed by atoms with E-state index in [1.165, 1.54) is 22.1 Å². The van der Waals surface area contributed by atoms with Crippen molar-refractivity contribution in [1.82, 2.24) is 9.55 Å². The number of H-pyrrole nitrogens is 1. The molecule has 0 aliphatic heterocycles. The molecule has 0 unspecified atom stereocenters. The van der Waals surface area contributed by atoms with Gasteiger partial charge in [0.1, 0.15) is 11.6 Å². The maximum absolute atomic E-state index is 11.5. The molecule has 0 saturated heterocycles. The van der Waals surface area contributed by atoms with Crippen molar-refractivity contribution in [2.24, 2.45) is 0 Å². The summed E-state index contributed by atoms with van der Waals surface area (Å²) in [5.41, 5.74) is -1.24. The van der Waals surface area contributed by atoms with Crippen molar-refractivity contribution in [3.63, 3.8) is 0 Å². The Morgan fingerprint density at radius 1 is 1.53 bits per heavy atom. The predicted octanol–water partition coefficient (Wildman–Crippen LogP) is 1.28. The fourth-order valence-electron chi connectivity index (χ4n) is 1.31.